The molecule has 8 heteroatoms. The number of ether oxygens (including phenoxy) is 1. The fourth-order valence-electron chi connectivity index (χ4n) is 2.96. The minimum absolute atomic E-state index is 0.0300. The molecule has 30 heavy (non-hydrogen) atoms. The van der Waals surface area contributed by atoms with Gasteiger partial charge in [-0.1, -0.05) is 54.2 Å². The summed E-state index contributed by atoms with van der Waals surface area (Å²) in [5, 5.41) is 12.1. The van der Waals surface area contributed by atoms with Crippen LogP contribution >= 0.6 is 11.8 Å². The number of carbonyl (C=O) groups excluding carboxylic acids is 2. The highest BCUT2D eigenvalue weighted by Crippen LogP contribution is 2.29. The average molecular weight is 425 g/mol. The molecule has 1 amide bonds. The van der Waals surface area contributed by atoms with Crippen molar-refractivity contribution in [3.63, 3.8) is 0 Å². The maximum atomic E-state index is 12.5. The summed E-state index contributed by atoms with van der Waals surface area (Å²) in [4.78, 5) is 23.6. The van der Waals surface area contributed by atoms with E-state index >= 15 is 0 Å². The van der Waals surface area contributed by atoms with Gasteiger partial charge in [0, 0.05) is 25.5 Å². The first-order chi connectivity index (χ1) is 14.6. The fraction of sp³-hybridized carbons (Fsp3) is 0.273. The van der Waals surface area contributed by atoms with Crippen LogP contribution < -0.4 is 10.1 Å². The number of aryl methyl sites for hydroxylation is 1. The van der Waals surface area contributed by atoms with Gasteiger partial charge in [0.05, 0.1) is 18.6 Å². The second-order valence-corrected chi connectivity index (χ2v) is 7.51. The number of amides is 1. The summed E-state index contributed by atoms with van der Waals surface area (Å²) in [6.45, 7) is 2.05. The van der Waals surface area contributed by atoms with Crippen LogP contribution in [0.1, 0.15) is 29.5 Å². The monoisotopic (exact) mass is 424 g/mol. The van der Waals surface area contributed by atoms with E-state index < -0.39 is 0 Å². The molecule has 0 aliphatic carbocycles. The molecule has 3 aromatic rings. The van der Waals surface area contributed by atoms with E-state index in [1.807, 2.05) is 47.0 Å². The molecular weight excluding hydrogens is 400 g/mol. The first-order valence-electron chi connectivity index (χ1n) is 9.63. The van der Waals surface area contributed by atoms with E-state index in [1.165, 1.54) is 18.7 Å². The van der Waals surface area contributed by atoms with Gasteiger partial charge in [-0.2, -0.15) is 0 Å². The van der Waals surface area contributed by atoms with Crippen LogP contribution in [-0.2, 0) is 11.2 Å². The number of carbonyl (C=O) groups is 2. The minimum Gasteiger partial charge on any atom is -0.495 e. The number of para-hydroxylation sites is 2. The second kappa shape index (κ2) is 10.6. The predicted octanol–water partition coefficient (Wildman–Crippen LogP) is 3.32. The van der Waals surface area contributed by atoms with E-state index in [-0.39, 0.29) is 17.4 Å². The van der Waals surface area contributed by atoms with Crippen LogP contribution in [-0.4, -0.2) is 45.9 Å². The van der Waals surface area contributed by atoms with Gasteiger partial charge in [0.2, 0.25) is 5.91 Å². The zero-order valence-corrected chi connectivity index (χ0v) is 17.8. The molecule has 0 bridgehead atoms. The van der Waals surface area contributed by atoms with Gasteiger partial charge in [0.25, 0.3) is 0 Å². The summed E-state index contributed by atoms with van der Waals surface area (Å²) in [6, 6.07) is 16.8. The Labute approximate surface area is 179 Å². The lowest BCUT2D eigenvalue weighted by atomic mass is 10.2. The van der Waals surface area contributed by atoms with Gasteiger partial charge < -0.3 is 10.1 Å². The third kappa shape index (κ3) is 5.48. The molecule has 1 heterocycles. The Bertz CT molecular complexity index is 1000. The highest BCUT2D eigenvalue weighted by Gasteiger charge is 2.18. The van der Waals surface area contributed by atoms with Crippen molar-refractivity contribution < 1.29 is 14.3 Å². The second-order valence-electron chi connectivity index (χ2n) is 6.57. The third-order valence-electron chi connectivity index (χ3n) is 4.41. The number of hydrogen-bond acceptors (Lipinski definition) is 6. The molecule has 0 unspecified atom stereocenters. The molecule has 1 N–H and O–H groups in total. The number of aromatic nitrogens is 3. The molecule has 156 valence electrons. The van der Waals surface area contributed by atoms with E-state index in [0.717, 1.165) is 17.9 Å². The lowest BCUT2D eigenvalue weighted by molar-refractivity contribution is -0.118. The first kappa shape index (κ1) is 21.6. The molecule has 1 aromatic heterocycles. The first-order valence-corrected chi connectivity index (χ1v) is 10.6. The van der Waals surface area contributed by atoms with Crippen LogP contribution in [0.15, 0.2) is 59.8 Å². The summed E-state index contributed by atoms with van der Waals surface area (Å²) in [5.74, 6) is 1.67. The number of ketones is 1. The Balaban J connectivity index is 1.83. The molecule has 0 saturated heterocycles. The van der Waals surface area contributed by atoms with Gasteiger partial charge >= 0.3 is 0 Å². The predicted molar refractivity (Wildman–Crippen MR) is 116 cm³/mol. The normalized spacial score (nSPS) is 10.6. The summed E-state index contributed by atoms with van der Waals surface area (Å²) in [7, 11) is 1.62. The Morgan fingerprint density at radius 1 is 1.07 bits per heavy atom. The molecule has 0 saturated carbocycles. The van der Waals surface area contributed by atoms with Crippen LogP contribution in [0.25, 0.3) is 5.69 Å². The molecule has 0 aliphatic heterocycles. The van der Waals surface area contributed by atoms with Gasteiger partial charge in [-0.25, -0.2) is 0 Å². The van der Waals surface area contributed by atoms with Crippen molar-refractivity contribution in [2.45, 2.75) is 24.9 Å². The fourth-order valence-corrected chi connectivity index (χ4v) is 3.82. The quantitative estimate of drug-likeness (QED) is 0.305. The number of rotatable bonds is 10. The average Bonchev–Trinajstić information content (AvgIpc) is 3.18. The number of nitrogens with one attached hydrogen (secondary N) is 1. The van der Waals surface area contributed by atoms with Crippen molar-refractivity contribution in [3.05, 3.63) is 66.0 Å². The van der Waals surface area contributed by atoms with Crippen LogP contribution in [0.2, 0.25) is 0 Å². The number of methoxy groups -OCH3 is 1. The maximum Gasteiger partial charge on any atom is 0.216 e. The number of Topliss-reactive ketones (excluding diaryl/α,β-unsaturated/α-hetero) is 1. The minimum atomic E-state index is -0.0585. The highest BCUT2D eigenvalue weighted by atomic mass is 32.2. The van der Waals surface area contributed by atoms with E-state index in [1.54, 1.807) is 19.2 Å². The lowest BCUT2D eigenvalue weighted by Crippen LogP contribution is -2.21. The van der Waals surface area contributed by atoms with Crippen molar-refractivity contribution in [1.82, 2.24) is 20.1 Å². The Kier molecular flexibility index (Phi) is 7.62. The van der Waals surface area contributed by atoms with Crippen molar-refractivity contribution in [2.24, 2.45) is 0 Å². The van der Waals surface area contributed by atoms with Crippen LogP contribution in [0.5, 0.6) is 5.75 Å². The largest absolute Gasteiger partial charge is 0.495 e. The van der Waals surface area contributed by atoms with Gasteiger partial charge in [0.1, 0.15) is 11.6 Å². The van der Waals surface area contributed by atoms with Crippen molar-refractivity contribution in [3.8, 4) is 11.4 Å². The van der Waals surface area contributed by atoms with Crippen molar-refractivity contribution in [2.75, 3.05) is 19.4 Å². The number of benzene rings is 2. The molecule has 7 nitrogen and oxygen atoms in total. The zero-order chi connectivity index (χ0) is 21.3. The van der Waals surface area contributed by atoms with E-state index in [4.69, 9.17) is 4.74 Å². The summed E-state index contributed by atoms with van der Waals surface area (Å²) in [5.41, 5.74) is 1.48. The highest BCUT2D eigenvalue weighted by molar-refractivity contribution is 7.99. The summed E-state index contributed by atoms with van der Waals surface area (Å²) < 4.78 is 7.45. The number of hydrogen-bond donors (Lipinski definition) is 1. The topological polar surface area (TPSA) is 86.1 Å². The van der Waals surface area contributed by atoms with Crippen LogP contribution in [0, 0.1) is 0 Å². The van der Waals surface area contributed by atoms with E-state index in [0.29, 0.717) is 29.4 Å². The lowest BCUT2D eigenvalue weighted by Gasteiger charge is -2.13. The zero-order valence-electron chi connectivity index (χ0n) is 17.0. The molecule has 0 radical (unpaired) electrons. The number of thioether (sulfide) groups is 1. The number of nitrogens with zero attached hydrogens (tertiary/aromatic N) is 3. The van der Waals surface area contributed by atoms with Crippen molar-refractivity contribution >= 4 is 23.5 Å². The smallest absolute Gasteiger partial charge is 0.216 e. The molecule has 2 aromatic carbocycles. The molecule has 0 fully saturated rings. The Morgan fingerprint density at radius 3 is 2.53 bits per heavy atom. The Morgan fingerprint density at radius 2 is 1.80 bits per heavy atom. The van der Waals surface area contributed by atoms with Gasteiger partial charge in [-0.15, -0.1) is 10.2 Å². The molecule has 0 atom stereocenters. The van der Waals surface area contributed by atoms with E-state index in [2.05, 4.69) is 15.5 Å². The van der Waals surface area contributed by atoms with Crippen LogP contribution in [0.4, 0.5) is 0 Å². The maximum absolute atomic E-state index is 12.5. The molecule has 0 aliphatic rings. The van der Waals surface area contributed by atoms with Gasteiger partial charge in [-0.05, 0) is 18.6 Å². The SMILES string of the molecule is COc1ccccc1-n1c(CCCNC(C)=O)nnc1SCC(=O)c1ccccc1. The summed E-state index contributed by atoms with van der Waals surface area (Å²) >= 11 is 1.34. The standard InChI is InChI=1S/C22H24N4O3S/c1-16(27)23-14-8-13-21-24-25-22(26(21)18-11-6-7-12-20(18)29-2)30-15-19(28)17-9-4-3-5-10-17/h3-7,9-12H,8,13-15H2,1-2H3,(H,23,27). The van der Waals surface area contributed by atoms with E-state index in [9.17, 15) is 9.59 Å². The Hall–Kier alpha value is -3.13. The molecule has 3 rings (SSSR count). The van der Waals surface area contributed by atoms with Crippen molar-refractivity contribution in [1.29, 1.82) is 0 Å². The molecular formula is C22H24N4O3S. The van der Waals surface area contributed by atoms with Gasteiger partial charge in [-0.3, -0.25) is 14.2 Å². The van der Waals surface area contributed by atoms with Crippen LogP contribution in [0.3, 0.4) is 0 Å². The summed E-state index contributed by atoms with van der Waals surface area (Å²) in [6.07, 6.45) is 1.35. The third-order valence-corrected chi connectivity index (χ3v) is 5.33. The molecule has 0 spiro atoms. The van der Waals surface area contributed by atoms with Gasteiger partial charge in [0.15, 0.2) is 10.9 Å².